The first-order chi connectivity index (χ1) is 17.6. The van der Waals surface area contributed by atoms with Gasteiger partial charge in [-0.2, -0.15) is 5.10 Å². The molecule has 1 aliphatic heterocycles. The van der Waals surface area contributed by atoms with Gasteiger partial charge in [-0.1, -0.05) is 78.9 Å². The molecule has 4 aromatic rings. The van der Waals surface area contributed by atoms with E-state index in [-0.39, 0.29) is 11.8 Å². The summed E-state index contributed by atoms with van der Waals surface area (Å²) in [6.45, 7) is -1.01. The second kappa shape index (κ2) is 10.4. The monoisotopic (exact) mass is 482 g/mol. The maximum Gasteiger partial charge on any atom is 0.344 e. The molecule has 6 nitrogen and oxygen atoms in total. The molecule has 1 atom stereocenters. The molecular formula is C29H23FN2O4. The summed E-state index contributed by atoms with van der Waals surface area (Å²) in [5.41, 5.74) is 2.64. The Morgan fingerprint density at radius 1 is 0.861 bits per heavy atom. The molecule has 0 radical (unpaired) electrons. The molecule has 5 rings (SSSR count). The highest BCUT2D eigenvalue weighted by molar-refractivity contribution is 6.05. The van der Waals surface area contributed by atoms with E-state index in [9.17, 15) is 14.0 Å². The molecule has 4 aromatic carbocycles. The van der Waals surface area contributed by atoms with Crippen LogP contribution in [0, 0.1) is 5.82 Å². The number of halogens is 1. The van der Waals surface area contributed by atoms with Crippen LogP contribution in [0.3, 0.4) is 0 Å². The first-order valence-electron chi connectivity index (χ1n) is 11.5. The molecule has 1 aliphatic rings. The summed E-state index contributed by atoms with van der Waals surface area (Å²) in [5, 5.41) is 8.22. The van der Waals surface area contributed by atoms with Crippen molar-refractivity contribution in [1.82, 2.24) is 5.01 Å². The predicted molar refractivity (Wildman–Crippen MR) is 134 cm³/mol. The molecule has 0 saturated carbocycles. The van der Waals surface area contributed by atoms with Crippen molar-refractivity contribution in [2.75, 3.05) is 13.2 Å². The topological polar surface area (TPSA) is 68.2 Å². The molecule has 0 fully saturated rings. The average molecular weight is 483 g/mol. The van der Waals surface area contributed by atoms with Crippen LogP contribution >= 0.6 is 0 Å². The summed E-state index contributed by atoms with van der Waals surface area (Å²) in [6, 6.07) is 29.2. The number of benzene rings is 4. The van der Waals surface area contributed by atoms with Crippen molar-refractivity contribution in [3.05, 3.63) is 114 Å². The quantitative estimate of drug-likeness (QED) is 0.336. The van der Waals surface area contributed by atoms with Crippen LogP contribution in [-0.2, 0) is 14.3 Å². The minimum atomic E-state index is -0.777. The number of fused-ring (bicyclic) bond motifs is 1. The Morgan fingerprint density at radius 3 is 2.39 bits per heavy atom. The Labute approximate surface area is 207 Å². The molecule has 0 N–H and O–H groups in total. The highest BCUT2D eigenvalue weighted by Crippen LogP contribution is 2.33. The minimum absolute atomic E-state index is 0.0610. The van der Waals surface area contributed by atoms with E-state index in [0.29, 0.717) is 6.42 Å². The highest BCUT2D eigenvalue weighted by atomic mass is 19.1. The zero-order valence-electron chi connectivity index (χ0n) is 19.3. The Balaban J connectivity index is 1.30. The van der Waals surface area contributed by atoms with Gasteiger partial charge in [0.05, 0.1) is 11.8 Å². The number of amides is 1. The summed E-state index contributed by atoms with van der Waals surface area (Å²) >= 11 is 0. The van der Waals surface area contributed by atoms with Gasteiger partial charge in [0.25, 0.3) is 5.91 Å². The molecule has 0 spiro atoms. The van der Waals surface area contributed by atoms with Crippen molar-refractivity contribution in [3.63, 3.8) is 0 Å². The van der Waals surface area contributed by atoms with E-state index in [1.54, 1.807) is 6.07 Å². The normalized spacial score (nSPS) is 15.0. The number of nitrogens with zero attached hydrogens (tertiary/aromatic N) is 2. The number of esters is 1. The molecule has 1 unspecified atom stereocenters. The van der Waals surface area contributed by atoms with E-state index >= 15 is 0 Å². The van der Waals surface area contributed by atoms with Crippen LogP contribution in [0.4, 0.5) is 4.39 Å². The molecule has 1 heterocycles. The molecule has 7 heteroatoms. The average Bonchev–Trinajstić information content (AvgIpc) is 3.37. The molecule has 180 valence electrons. The molecule has 0 bridgehead atoms. The lowest BCUT2D eigenvalue weighted by atomic mass is 9.97. The number of hydrogen-bond donors (Lipinski definition) is 0. The van der Waals surface area contributed by atoms with Gasteiger partial charge in [-0.05, 0) is 40.1 Å². The van der Waals surface area contributed by atoms with Crippen molar-refractivity contribution in [1.29, 1.82) is 0 Å². The summed E-state index contributed by atoms with van der Waals surface area (Å²) in [6.07, 6.45) is 0.526. The number of hydrogen-bond acceptors (Lipinski definition) is 5. The van der Waals surface area contributed by atoms with Gasteiger partial charge < -0.3 is 9.47 Å². The zero-order chi connectivity index (χ0) is 24.9. The molecule has 1 amide bonds. The smallest absolute Gasteiger partial charge is 0.344 e. The maximum absolute atomic E-state index is 13.7. The van der Waals surface area contributed by atoms with Crippen LogP contribution in [0.1, 0.15) is 23.6 Å². The summed E-state index contributed by atoms with van der Waals surface area (Å²) < 4.78 is 23.9. The van der Waals surface area contributed by atoms with Crippen molar-refractivity contribution >= 4 is 28.4 Å². The lowest BCUT2D eigenvalue weighted by Gasteiger charge is -2.21. The number of carbonyl (C=O) groups is 2. The van der Waals surface area contributed by atoms with Gasteiger partial charge in [-0.25, -0.2) is 14.2 Å². The second-order valence-electron chi connectivity index (χ2n) is 8.36. The Kier molecular flexibility index (Phi) is 6.71. The maximum atomic E-state index is 13.7. The van der Waals surface area contributed by atoms with Gasteiger partial charge in [-0.3, -0.25) is 4.79 Å². The number of ether oxygens (including phenoxy) is 2. The lowest BCUT2D eigenvalue weighted by Crippen LogP contribution is -2.32. The van der Waals surface area contributed by atoms with E-state index in [1.165, 1.54) is 23.2 Å². The van der Waals surface area contributed by atoms with E-state index < -0.39 is 30.9 Å². The fourth-order valence-corrected chi connectivity index (χ4v) is 4.17. The third-order valence-corrected chi connectivity index (χ3v) is 5.97. The van der Waals surface area contributed by atoms with Gasteiger partial charge in [0.15, 0.2) is 24.8 Å². The minimum Gasteiger partial charge on any atom is -0.479 e. The van der Waals surface area contributed by atoms with Gasteiger partial charge >= 0.3 is 5.97 Å². The number of carbonyl (C=O) groups excluding carboxylic acids is 2. The van der Waals surface area contributed by atoms with E-state index in [4.69, 9.17) is 9.47 Å². The predicted octanol–water partition coefficient (Wildman–Crippen LogP) is 5.28. The van der Waals surface area contributed by atoms with Crippen molar-refractivity contribution < 1.29 is 23.5 Å². The van der Waals surface area contributed by atoms with Crippen molar-refractivity contribution in [2.24, 2.45) is 5.10 Å². The standard InChI is InChI=1S/C29H23FN2O4/c30-24-12-6-7-13-27(24)35-19-29(34)36-18-28(33)32-26(21-9-2-1-3-10-21)17-25(31-32)23-15-14-20-8-4-5-11-22(20)16-23/h1-16,26H,17-19H2. The zero-order valence-corrected chi connectivity index (χ0v) is 19.3. The Hall–Kier alpha value is -4.52. The van der Waals surface area contributed by atoms with E-state index in [1.807, 2.05) is 66.7 Å². The molecule has 0 saturated heterocycles. The summed E-state index contributed by atoms with van der Waals surface area (Å²) in [4.78, 5) is 25.2. The van der Waals surface area contributed by atoms with Crippen LogP contribution in [0.2, 0.25) is 0 Å². The summed E-state index contributed by atoms with van der Waals surface area (Å²) in [7, 11) is 0. The van der Waals surface area contributed by atoms with E-state index in [0.717, 1.165) is 27.6 Å². The largest absolute Gasteiger partial charge is 0.479 e. The van der Waals surface area contributed by atoms with Crippen LogP contribution < -0.4 is 4.74 Å². The van der Waals surface area contributed by atoms with Gasteiger partial charge in [0, 0.05) is 6.42 Å². The summed E-state index contributed by atoms with van der Waals surface area (Å²) in [5.74, 6) is -1.88. The fraction of sp³-hybridized carbons (Fsp3) is 0.138. The van der Waals surface area contributed by atoms with Crippen LogP contribution in [0.5, 0.6) is 5.75 Å². The van der Waals surface area contributed by atoms with Crippen molar-refractivity contribution in [2.45, 2.75) is 12.5 Å². The molecule has 0 aromatic heterocycles. The first kappa shape index (κ1) is 23.2. The third-order valence-electron chi connectivity index (χ3n) is 5.97. The number of hydrazone groups is 1. The van der Waals surface area contributed by atoms with Gasteiger partial charge in [0.2, 0.25) is 0 Å². The number of para-hydroxylation sites is 1. The fourth-order valence-electron chi connectivity index (χ4n) is 4.17. The Bertz CT molecular complexity index is 1440. The van der Waals surface area contributed by atoms with Gasteiger partial charge in [0.1, 0.15) is 0 Å². The molecule has 0 aliphatic carbocycles. The molecule has 36 heavy (non-hydrogen) atoms. The van der Waals surface area contributed by atoms with E-state index in [2.05, 4.69) is 11.2 Å². The second-order valence-corrected chi connectivity index (χ2v) is 8.36. The van der Waals surface area contributed by atoms with Gasteiger partial charge in [-0.15, -0.1) is 0 Å². The Morgan fingerprint density at radius 2 is 1.58 bits per heavy atom. The third kappa shape index (κ3) is 5.10. The van der Waals surface area contributed by atoms with Crippen LogP contribution in [0.25, 0.3) is 10.8 Å². The van der Waals surface area contributed by atoms with Crippen LogP contribution in [-0.4, -0.2) is 35.8 Å². The van der Waals surface area contributed by atoms with Crippen LogP contribution in [0.15, 0.2) is 102 Å². The SMILES string of the molecule is O=C(COc1ccccc1F)OCC(=O)N1N=C(c2ccc3ccccc3c2)CC1c1ccccc1. The molecular weight excluding hydrogens is 459 g/mol. The van der Waals surface area contributed by atoms with Crippen molar-refractivity contribution in [3.8, 4) is 5.75 Å². The first-order valence-corrected chi connectivity index (χ1v) is 11.5. The highest BCUT2D eigenvalue weighted by Gasteiger charge is 2.33. The number of rotatable bonds is 7. The lowest BCUT2D eigenvalue weighted by molar-refractivity contribution is -0.154.